The van der Waals surface area contributed by atoms with Crippen LogP contribution in [-0.4, -0.2) is 35.1 Å². The van der Waals surface area contributed by atoms with Gasteiger partial charge in [-0.15, -0.1) is 0 Å². The van der Waals surface area contributed by atoms with E-state index in [9.17, 15) is 9.90 Å². The van der Waals surface area contributed by atoms with E-state index in [1.54, 1.807) is 0 Å². The van der Waals surface area contributed by atoms with Crippen molar-refractivity contribution < 1.29 is 9.90 Å². The number of nitrogens with one attached hydrogen (secondary N) is 1. The molecule has 134 valence electrons. The summed E-state index contributed by atoms with van der Waals surface area (Å²) in [5.41, 5.74) is 1.89. The van der Waals surface area contributed by atoms with Gasteiger partial charge in [-0.05, 0) is 35.7 Å². The molecule has 0 aliphatic heterocycles. The number of benzene rings is 2. The van der Waals surface area contributed by atoms with Gasteiger partial charge in [0.1, 0.15) is 0 Å². The van der Waals surface area contributed by atoms with Gasteiger partial charge in [0.25, 0.3) is 0 Å². The van der Waals surface area contributed by atoms with Gasteiger partial charge in [0.05, 0.1) is 13.2 Å². The van der Waals surface area contributed by atoms with Gasteiger partial charge in [0.2, 0.25) is 5.91 Å². The summed E-state index contributed by atoms with van der Waals surface area (Å²) in [7, 11) is 0. The van der Waals surface area contributed by atoms with Crippen molar-refractivity contribution in [2.24, 2.45) is 5.92 Å². The zero-order chi connectivity index (χ0) is 18.2. The molecule has 0 saturated carbocycles. The molecule has 0 bridgehead atoms. The molecule has 0 aliphatic rings. The van der Waals surface area contributed by atoms with Gasteiger partial charge in [-0.25, -0.2) is 0 Å². The second-order valence-electron chi connectivity index (χ2n) is 6.44. The summed E-state index contributed by atoms with van der Waals surface area (Å²) >= 11 is 3.38. The van der Waals surface area contributed by atoms with Crippen molar-refractivity contribution >= 4 is 27.5 Å². The summed E-state index contributed by atoms with van der Waals surface area (Å²) < 4.78 is 0.969. The number of hydrogen-bond acceptors (Lipinski definition) is 3. The first-order valence-electron chi connectivity index (χ1n) is 8.44. The fraction of sp³-hybridized carbons (Fsp3) is 0.350. The molecule has 0 heterocycles. The van der Waals surface area contributed by atoms with Crippen molar-refractivity contribution in [2.75, 3.05) is 18.5 Å². The van der Waals surface area contributed by atoms with Gasteiger partial charge in [-0.2, -0.15) is 0 Å². The van der Waals surface area contributed by atoms with E-state index in [4.69, 9.17) is 0 Å². The molecule has 0 aliphatic carbocycles. The molecule has 2 N–H and O–H groups in total. The maximum Gasteiger partial charge on any atom is 0.238 e. The topological polar surface area (TPSA) is 52.6 Å². The van der Waals surface area contributed by atoms with Crippen LogP contribution in [0.5, 0.6) is 0 Å². The largest absolute Gasteiger partial charge is 0.395 e. The molecule has 0 radical (unpaired) electrons. The maximum atomic E-state index is 12.5. The first-order valence-corrected chi connectivity index (χ1v) is 9.23. The number of carbonyl (C=O) groups is 1. The van der Waals surface area contributed by atoms with Crippen LogP contribution in [0.1, 0.15) is 19.4 Å². The molecule has 2 aromatic rings. The summed E-state index contributed by atoms with van der Waals surface area (Å²) in [6.45, 7) is 5.00. The number of aliphatic hydroxyl groups excluding tert-OH is 1. The average molecular weight is 405 g/mol. The zero-order valence-electron chi connectivity index (χ0n) is 14.7. The minimum Gasteiger partial charge on any atom is -0.395 e. The van der Waals surface area contributed by atoms with Crippen LogP contribution in [-0.2, 0) is 11.3 Å². The van der Waals surface area contributed by atoms with Crippen molar-refractivity contribution in [2.45, 2.75) is 26.4 Å². The number of rotatable bonds is 8. The molecule has 25 heavy (non-hydrogen) atoms. The smallest absolute Gasteiger partial charge is 0.238 e. The Hall–Kier alpha value is -1.69. The SMILES string of the molecule is CC(C)C(CO)N(CC(=O)Nc1ccc(Br)cc1)Cc1ccccc1. The number of carbonyl (C=O) groups excluding carboxylic acids is 1. The Morgan fingerprint density at radius 3 is 2.32 bits per heavy atom. The van der Waals surface area contributed by atoms with E-state index < -0.39 is 0 Å². The molecule has 5 heteroatoms. The van der Waals surface area contributed by atoms with E-state index in [1.807, 2.05) is 59.5 Å². The monoisotopic (exact) mass is 404 g/mol. The Labute approximate surface area is 158 Å². The van der Waals surface area contributed by atoms with Crippen LogP contribution < -0.4 is 5.32 Å². The quantitative estimate of drug-likeness (QED) is 0.700. The fourth-order valence-electron chi connectivity index (χ4n) is 2.77. The van der Waals surface area contributed by atoms with E-state index in [0.29, 0.717) is 6.54 Å². The molecule has 2 rings (SSSR count). The lowest BCUT2D eigenvalue weighted by Gasteiger charge is -2.32. The molecular formula is C20H25BrN2O2. The Morgan fingerprint density at radius 2 is 1.76 bits per heavy atom. The predicted molar refractivity (Wildman–Crippen MR) is 105 cm³/mol. The van der Waals surface area contributed by atoms with Crippen molar-refractivity contribution in [1.29, 1.82) is 0 Å². The van der Waals surface area contributed by atoms with Crippen LogP contribution >= 0.6 is 15.9 Å². The number of amides is 1. The summed E-state index contributed by atoms with van der Waals surface area (Å²) in [6, 6.07) is 17.4. The Morgan fingerprint density at radius 1 is 1.12 bits per heavy atom. The minimum atomic E-state index is -0.0858. The molecule has 2 aromatic carbocycles. The highest BCUT2D eigenvalue weighted by Crippen LogP contribution is 2.17. The van der Waals surface area contributed by atoms with Gasteiger partial charge >= 0.3 is 0 Å². The predicted octanol–water partition coefficient (Wildman–Crippen LogP) is 3.91. The van der Waals surface area contributed by atoms with E-state index in [-0.39, 0.29) is 31.0 Å². The average Bonchev–Trinajstić information content (AvgIpc) is 2.58. The summed E-state index contributed by atoms with van der Waals surface area (Å²) in [5, 5.41) is 12.7. The molecule has 1 unspecified atom stereocenters. The number of halogens is 1. The standard InChI is InChI=1S/C20H25BrN2O2/c1-15(2)19(14-24)23(12-16-6-4-3-5-7-16)13-20(25)22-18-10-8-17(21)9-11-18/h3-11,15,19,24H,12-14H2,1-2H3,(H,22,25). The lowest BCUT2D eigenvalue weighted by molar-refractivity contribution is -0.118. The van der Waals surface area contributed by atoms with Crippen molar-refractivity contribution in [1.82, 2.24) is 4.90 Å². The highest BCUT2D eigenvalue weighted by Gasteiger charge is 2.23. The Kier molecular flexibility index (Phi) is 7.62. The third kappa shape index (κ3) is 6.27. The molecule has 0 aromatic heterocycles. The highest BCUT2D eigenvalue weighted by atomic mass is 79.9. The van der Waals surface area contributed by atoms with E-state index >= 15 is 0 Å². The van der Waals surface area contributed by atoms with Crippen LogP contribution in [0.25, 0.3) is 0 Å². The Bertz CT molecular complexity index is 659. The van der Waals surface area contributed by atoms with Crippen LogP contribution in [0.4, 0.5) is 5.69 Å². The van der Waals surface area contributed by atoms with Crippen LogP contribution in [0.15, 0.2) is 59.1 Å². The maximum absolute atomic E-state index is 12.5. The van der Waals surface area contributed by atoms with Crippen molar-refractivity contribution in [3.8, 4) is 0 Å². The van der Waals surface area contributed by atoms with Crippen molar-refractivity contribution in [3.63, 3.8) is 0 Å². The van der Waals surface area contributed by atoms with E-state index in [1.165, 1.54) is 0 Å². The second-order valence-corrected chi connectivity index (χ2v) is 7.36. The number of aliphatic hydroxyl groups is 1. The van der Waals surface area contributed by atoms with Crippen LogP contribution in [0.2, 0.25) is 0 Å². The lowest BCUT2D eigenvalue weighted by atomic mass is 10.0. The molecule has 1 atom stereocenters. The zero-order valence-corrected chi connectivity index (χ0v) is 16.2. The third-order valence-corrected chi connectivity index (χ3v) is 4.66. The molecular weight excluding hydrogens is 380 g/mol. The van der Waals surface area contributed by atoms with Gasteiger partial charge in [-0.3, -0.25) is 9.69 Å². The molecule has 0 saturated heterocycles. The molecule has 4 nitrogen and oxygen atoms in total. The first kappa shape index (κ1) is 19.6. The Balaban J connectivity index is 2.08. The van der Waals surface area contributed by atoms with Gasteiger partial charge in [0, 0.05) is 22.7 Å². The van der Waals surface area contributed by atoms with E-state index in [2.05, 4.69) is 35.1 Å². The van der Waals surface area contributed by atoms with Gasteiger partial charge < -0.3 is 10.4 Å². The molecule has 1 amide bonds. The number of hydrogen-bond donors (Lipinski definition) is 2. The second kappa shape index (κ2) is 9.70. The van der Waals surface area contributed by atoms with Gasteiger partial charge in [0.15, 0.2) is 0 Å². The van der Waals surface area contributed by atoms with Gasteiger partial charge in [-0.1, -0.05) is 60.1 Å². The summed E-state index contributed by atoms with van der Waals surface area (Å²) in [4.78, 5) is 14.5. The highest BCUT2D eigenvalue weighted by molar-refractivity contribution is 9.10. The normalized spacial score (nSPS) is 12.4. The summed E-state index contributed by atoms with van der Waals surface area (Å²) in [6.07, 6.45) is 0. The van der Waals surface area contributed by atoms with E-state index in [0.717, 1.165) is 15.7 Å². The number of anilines is 1. The fourth-order valence-corrected chi connectivity index (χ4v) is 3.04. The summed E-state index contributed by atoms with van der Waals surface area (Å²) in [5.74, 6) is 0.159. The first-order chi connectivity index (χ1) is 12.0. The molecule has 0 spiro atoms. The molecule has 0 fully saturated rings. The number of nitrogens with zero attached hydrogens (tertiary/aromatic N) is 1. The van der Waals surface area contributed by atoms with Crippen LogP contribution in [0.3, 0.4) is 0 Å². The third-order valence-electron chi connectivity index (χ3n) is 4.13. The van der Waals surface area contributed by atoms with Crippen LogP contribution in [0, 0.1) is 5.92 Å². The minimum absolute atomic E-state index is 0.0239. The lowest BCUT2D eigenvalue weighted by Crippen LogP contribution is -2.45. The van der Waals surface area contributed by atoms with Crippen molar-refractivity contribution in [3.05, 3.63) is 64.6 Å².